The van der Waals surface area contributed by atoms with Crippen molar-refractivity contribution >= 4 is 40.4 Å². The van der Waals surface area contributed by atoms with Crippen LogP contribution in [0.2, 0.25) is 10.0 Å². The van der Waals surface area contributed by atoms with Gasteiger partial charge >= 0.3 is 0 Å². The van der Waals surface area contributed by atoms with E-state index in [-0.39, 0.29) is 17.2 Å². The summed E-state index contributed by atoms with van der Waals surface area (Å²) in [5.41, 5.74) is 4.60. The molecular formula is C29H32Cl2FN5O. The second kappa shape index (κ2) is 11.6. The minimum absolute atomic E-state index is 0.0220. The zero-order chi connectivity index (χ0) is 26.8. The molecule has 0 atom stereocenters. The molecule has 9 heteroatoms. The van der Waals surface area contributed by atoms with Gasteiger partial charge < -0.3 is 14.7 Å². The van der Waals surface area contributed by atoms with Crippen molar-refractivity contribution in [2.24, 2.45) is 0 Å². The molecule has 0 bridgehead atoms. The molecule has 2 aliphatic heterocycles. The first-order valence-electron chi connectivity index (χ1n) is 13.1. The number of rotatable bonds is 7. The number of hydrogen-bond donors (Lipinski definition) is 0. The number of fused-ring (bicyclic) bond motifs is 1. The Kier molecular flexibility index (Phi) is 8.17. The van der Waals surface area contributed by atoms with Gasteiger partial charge in [0.1, 0.15) is 11.5 Å². The van der Waals surface area contributed by atoms with Crippen molar-refractivity contribution in [3.05, 3.63) is 80.8 Å². The lowest BCUT2D eigenvalue weighted by Crippen LogP contribution is -2.42. The maximum atomic E-state index is 14.1. The summed E-state index contributed by atoms with van der Waals surface area (Å²) < 4.78 is 14.1. The maximum absolute atomic E-state index is 14.1. The number of Topliss-reactive ketones (excluding diaryl/α,β-unsaturated/α-hetero) is 1. The lowest BCUT2D eigenvalue weighted by atomic mass is 10.0. The zero-order valence-electron chi connectivity index (χ0n) is 21.8. The molecule has 3 aromatic rings. The number of piperidine rings is 1. The highest BCUT2D eigenvalue weighted by Gasteiger charge is 2.24. The number of carbonyl (C=O) groups is 1. The van der Waals surface area contributed by atoms with Crippen molar-refractivity contribution in [3.8, 4) is 0 Å². The topological polar surface area (TPSA) is 52.6 Å². The van der Waals surface area contributed by atoms with Gasteiger partial charge in [-0.05, 0) is 75.7 Å². The molecule has 3 heterocycles. The van der Waals surface area contributed by atoms with Crippen molar-refractivity contribution in [3.63, 3.8) is 0 Å². The molecule has 0 saturated carbocycles. The molecular weight excluding hydrogens is 524 g/mol. The molecule has 2 aromatic carbocycles. The van der Waals surface area contributed by atoms with Crippen LogP contribution in [-0.4, -0.2) is 60.7 Å². The van der Waals surface area contributed by atoms with E-state index >= 15 is 0 Å². The number of anilines is 2. The molecule has 1 fully saturated rings. The number of halogens is 3. The predicted octanol–water partition coefficient (Wildman–Crippen LogP) is 5.83. The van der Waals surface area contributed by atoms with Crippen LogP contribution in [0.1, 0.15) is 46.6 Å². The van der Waals surface area contributed by atoms with Gasteiger partial charge in [0.15, 0.2) is 5.78 Å². The van der Waals surface area contributed by atoms with Crippen LogP contribution < -0.4 is 9.80 Å². The fourth-order valence-corrected chi connectivity index (χ4v) is 5.89. The number of hydrogen-bond acceptors (Lipinski definition) is 6. The van der Waals surface area contributed by atoms with Gasteiger partial charge in [-0.1, -0.05) is 35.3 Å². The summed E-state index contributed by atoms with van der Waals surface area (Å²) in [6.07, 6.45) is 4.15. The molecule has 2 aliphatic rings. The van der Waals surface area contributed by atoms with Gasteiger partial charge in [0, 0.05) is 54.9 Å². The van der Waals surface area contributed by atoms with E-state index in [9.17, 15) is 9.18 Å². The van der Waals surface area contributed by atoms with Crippen LogP contribution in [0.15, 0.2) is 42.5 Å². The Morgan fingerprint density at radius 2 is 1.87 bits per heavy atom. The first-order valence-corrected chi connectivity index (χ1v) is 13.8. The molecule has 200 valence electrons. The summed E-state index contributed by atoms with van der Waals surface area (Å²) in [5, 5.41) is 9.08. The highest BCUT2D eigenvalue weighted by atomic mass is 35.5. The Balaban J connectivity index is 1.31. The van der Waals surface area contributed by atoms with E-state index in [1.54, 1.807) is 6.07 Å². The standard InChI is InChI=1S/C29H32Cl2FN5O/c1-35(2)20-10-13-36(14-11-20)21-6-3-5-19(15-21)16-28(38)26-17-27-25(33-34-26)7-4-12-37(27)18-22-23(30)8-9-24(32)29(22)31/h3,5-6,8-9,15,17,20H,4,7,10-14,16,18H2,1-2H3. The molecule has 0 N–H and O–H groups in total. The first-order chi connectivity index (χ1) is 18.3. The number of ketones is 1. The van der Waals surface area contributed by atoms with Crippen LogP contribution in [0, 0.1) is 5.82 Å². The van der Waals surface area contributed by atoms with Crippen LogP contribution >= 0.6 is 23.2 Å². The lowest BCUT2D eigenvalue weighted by Gasteiger charge is -2.36. The Morgan fingerprint density at radius 3 is 2.63 bits per heavy atom. The average molecular weight is 557 g/mol. The Bertz CT molecular complexity index is 1330. The van der Waals surface area contributed by atoms with Crippen LogP contribution in [-0.2, 0) is 19.4 Å². The van der Waals surface area contributed by atoms with Gasteiger partial charge in [-0.3, -0.25) is 4.79 Å². The summed E-state index contributed by atoms with van der Waals surface area (Å²) in [4.78, 5) is 20.0. The summed E-state index contributed by atoms with van der Waals surface area (Å²) in [6.45, 7) is 3.06. The third-order valence-corrected chi connectivity index (χ3v) is 8.40. The van der Waals surface area contributed by atoms with Gasteiger partial charge in [0.2, 0.25) is 0 Å². The van der Waals surface area contributed by atoms with E-state index in [2.05, 4.69) is 51.1 Å². The van der Waals surface area contributed by atoms with Gasteiger partial charge in [0.25, 0.3) is 0 Å². The maximum Gasteiger partial charge on any atom is 0.187 e. The van der Waals surface area contributed by atoms with Crippen LogP contribution in [0.5, 0.6) is 0 Å². The monoisotopic (exact) mass is 555 g/mol. The summed E-state index contributed by atoms with van der Waals surface area (Å²) in [7, 11) is 4.28. The van der Waals surface area contributed by atoms with E-state index in [0.29, 0.717) is 28.9 Å². The van der Waals surface area contributed by atoms with Gasteiger partial charge in [-0.2, -0.15) is 5.10 Å². The number of benzene rings is 2. The lowest BCUT2D eigenvalue weighted by molar-refractivity contribution is 0.0987. The molecule has 38 heavy (non-hydrogen) atoms. The number of aryl methyl sites for hydroxylation is 1. The molecule has 0 radical (unpaired) electrons. The van der Waals surface area contributed by atoms with E-state index in [4.69, 9.17) is 23.2 Å². The number of nitrogens with zero attached hydrogens (tertiary/aromatic N) is 5. The summed E-state index contributed by atoms with van der Waals surface area (Å²) >= 11 is 12.6. The van der Waals surface area contributed by atoms with Crippen molar-refractivity contribution in [1.82, 2.24) is 15.1 Å². The van der Waals surface area contributed by atoms with Gasteiger partial charge in [-0.15, -0.1) is 5.10 Å². The molecule has 0 amide bonds. The fraction of sp³-hybridized carbons (Fsp3) is 0.414. The summed E-state index contributed by atoms with van der Waals surface area (Å²) in [5.74, 6) is -0.590. The van der Waals surface area contributed by atoms with Crippen LogP contribution in [0.25, 0.3) is 0 Å². The van der Waals surface area contributed by atoms with Crippen molar-refractivity contribution in [1.29, 1.82) is 0 Å². The van der Waals surface area contributed by atoms with Crippen molar-refractivity contribution in [2.75, 3.05) is 43.5 Å². The van der Waals surface area contributed by atoms with Crippen molar-refractivity contribution in [2.45, 2.75) is 44.7 Å². The third kappa shape index (κ3) is 5.80. The smallest absolute Gasteiger partial charge is 0.187 e. The van der Waals surface area contributed by atoms with E-state index < -0.39 is 5.82 Å². The van der Waals surface area contributed by atoms with Gasteiger partial charge in [-0.25, -0.2) is 4.39 Å². The van der Waals surface area contributed by atoms with E-state index in [1.165, 1.54) is 12.1 Å². The minimum atomic E-state index is -0.503. The average Bonchev–Trinajstić information content (AvgIpc) is 2.93. The molecule has 5 rings (SSSR count). The quantitative estimate of drug-likeness (QED) is 0.270. The summed E-state index contributed by atoms with van der Waals surface area (Å²) in [6, 6.07) is 13.4. The fourth-order valence-electron chi connectivity index (χ4n) is 5.40. The highest BCUT2D eigenvalue weighted by molar-refractivity contribution is 6.36. The van der Waals surface area contributed by atoms with E-state index in [1.807, 2.05) is 12.1 Å². The Morgan fingerprint density at radius 1 is 1.08 bits per heavy atom. The molecule has 0 unspecified atom stereocenters. The zero-order valence-corrected chi connectivity index (χ0v) is 23.3. The normalized spacial score (nSPS) is 16.2. The van der Waals surface area contributed by atoms with Gasteiger partial charge in [0.05, 0.1) is 16.4 Å². The molecule has 1 aromatic heterocycles. The molecule has 1 saturated heterocycles. The Hall–Kier alpha value is -2.74. The Labute approximate surface area is 233 Å². The molecule has 0 spiro atoms. The molecule has 6 nitrogen and oxygen atoms in total. The highest BCUT2D eigenvalue weighted by Crippen LogP contribution is 2.33. The number of carbonyl (C=O) groups excluding carboxylic acids is 1. The predicted molar refractivity (Wildman–Crippen MR) is 151 cm³/mol. The minimum Gasteiger partial charge on any atom is -0.371 e. The van der Waals surface area contributed by atoms with Crippen LogP contribution in [0.4, 0.5) is 15.8 Å². The first kappa shape index (κ1) is 26.9. The second-order valence-electron chi connectivity index (χ2n) is 10.4. The molecule has 0 aliphatic carbocycles. The van der Waals surface area contributed by atoms with E-state index in [0.717, 1.165) is 67.9 Å². The third-order valence-electron chi connectivity index (χ3n) is 7.64. The second-order valence-corrected chi connectivity index (χ2v) is 11.1. The largest absolute Gasteiger partial charge is 0.371 e. The number of aromatic nitrogens is 2. The SMILES string of the molecule is CN(C)C1CCN(c2cccc(CC(=O)c3cc4c(nn3)CCCN4Cc3c(Cl)ccc(F)c3Cl)c2)CC1. The van der Waals surface area contributed by atoms with Crippen LogP contribution in [0.3, 0.4) is 0 Å². The van der Waals surface area contributed by atoms with Crippen molar-refractivity contribution < 1.29 is 9.18 Å².